The minimum absolute atomic E-state index is 0.0242. The van der Waals surface area contributed by atoms with Crippen LogP contribution >= 0.6 is 23.1 Å². The van der Waals surface area contributed by atoms with E-state index in [-0.39, 0.29) is 11.9 Å². The molecular formula is C10H13N5OS2. The summed E-state index contributed by atoms with van der Waals surface area (Å²) in [4.78, 5) is 12.9. The summed E-state index contributed by atoms with van der Waals surface area (Å²) in [5, 5.41) is 16.6. The molecule has 96 valence electrons. The molecule has 1 amide bonds. The second-order valence-corrected chi connectivity index (χ2v) is 5.60. The lowest BCUT2D eigenvalue weighted by Crippen LogP contribution is -2.27. The maximum atomic E-state index is 11.7. The molecule has 6 nitrogen and oxygen atoms in total. The molecule has 2 heterocycles. The van der Waals surface area contributed by atoms with Crippen LogP contribution in [0, 0.1) is 0 Å². The van der Waals surface area contributed by atoms with Crippen molar-refractivity contribution >= 4 is 29.0 Å². The molecular weight excluding hydrogens is 270 g/mol. The van der Waals surface area contributed by atoms with Gasteiger partial charge in [-0.1, -0.05) is 17.8 Å². The number of rotatable bonds is 5. The topological polar surface area (TPSA) is 72.7 Å². The SMILES string of the molecule is C[C@H](NC(=O)CSc1nnnn1C)c1cccs1. The molecule has 2 aromatic heterocycles. The van der Waals surface area contributed by atoms with Crippen LogP contribution < -0.4 is 5.32 Å². The van der Waals surface area contributed by atoms with Crippen LogP contribution in [0.1, 0.15) is 17.8 Å². The van der Waals surface area contributed by atoms with Crippen molar-refractivity contribution in [3.63, 3.8) is 0 Å². The van der Waals surface area contributed by atoms with E-state index in [2.05, 4.69) is 20.8 Å². The molecule has 0 saturated carbocycles. The van der Waals surface area contributed by atoms with Crippen molar-refractivity contribution in [1.82, 2.24) is 25.5 Å². The number of thiophene rings is 1. The molecule has 18 heavy (non-hydrogen) atoms. The van der Waals surface area contributed by atoms with Gasteiger partial charge in [-0.2, -0.15) is 0 Å². The van der Waals surface area contributed by atoms with Crippen LogP contribution in [-0.4, -0.2) is 31.9 Å². The van der Waals surface area contributed by atoms with Gasteiger partial charge in [0.2, 0.25) is 11.1 Å². The van der Waals surface area contributed by atoms with Gasteiger partial charge in [-0.3, -0.25) is 4.79 Å². The van der Waals surface area contributed by atoms with Crippen LogP contribution in [0.4, 0.5) is 0 Å². The first-order valence-corrected chi connectivity index (χ1v) is 7.21. The van der Waals surface area contributed by atoms with Gasteiger partial charge in [-0.25, -0.2) is 4.68 Å². The Hall–Kier alpha value is -1.41. The Balaban J connectivity index is 1.81. The van der Waals surface area contributed by atoms with Gasteiger partial charge in [0.05, 0.1) is 11.8 Å². The highest BCUT2D eigenvalue weighted by atomic mass is 32.2. The normalized spacial score (nSPS) is 12.3. The number of amides is 1. The zero-order chi connectivity index (χ0) is 13.0. The number of carbonyl (C=O) groups is 1. The van der Waals surface area contributed by atoms with Crippen LogP contribution in [0.5, 0.6) is 0 Å². The fourth-order valence-corrected chi connectivity index (χ4v) is 2.76. The van der Waals surface area contributed by atoms with Gasteiger partial charge < -0.3 is 5.32 Å². The molecule has 0 spiro atoms. The van der Waals surface area contributed by atoms with E-state index in [0.29, 0.717) is 10.9 Å². The molecule has 0 radical (unpaired) electrons. The van der Waals surface area contributed by atoms with Crippen molar-refractivity contribution in [1.29, 1.82) is 0 Å². The minimum atomic E-state index is -0.0242. The summed E-state index contributed by atoms with van der Waals surface area (Å²) < 4.78 is 1.54. The third-order valence-electron chi connectivity index (χ3n) is 2.26. The number of thioether (sulfide) groups is 1. The van der Waals surface area contributed by atoms with E-state index in [0.717, 1.165) is 4.88 Å². The van der Waals surface area contributed by atoms with Crippen molar-refractivity contribution < 1.29 is 4.79 Å². The number of aryl methyl sites for hydroxylation is 1. The lowest BCUT2D eigenvalue weighted by atomic mass is 10.3. The quantitative estimate of drug-likeness (QED) is 0.836. The zero-order valence-electron chi connectivity index (χ0n) is 10.0. The largest absolute Gasteiger partial charge is 0.348 e. The molecule has 1 N–H and O–H groups in total. The Morgan fingerprint density at radius 1 is 1.67 bits per heavy atom. The van der Waals surface area contributed by atoms with Gasteiger partial charge >= 0.3 is 0 Å². The molecule has 0 fully saturated rings. The number of hydrogen-bond acceptors (Lipinski definition) is 6. The van der Waals surface area contributed by atoms with Crippen molar-refractivity contribution in [2.75, 3.05) is 5.75 Å². The number of aromatic nitrogens is 4. The van der Waals surface area contributed by atoms with E-state index in [1.165, 1.54) is 11.8 Å². The molecule has 0 aliphatic carbocycles. The predicted molar refractivity (Wildman–Crippen MR) is 70.4 cm³/mol. The van der Waals surface area contributed by atoms with E-state index in [1.807, 2.05) is 24.4 Å². The smallest absolute Gasteiger partial charge is 0.230 e. The Bertz CT molecular complexity index is 510. The molecule has 2 rings (SSSR count). The van der Waals surface area contributed by atoms with Crippen LogP contribution in [0.15, 0.2) is 22.7 Å². The van der Waals surface area contributed by atoms with Crippen molar-refractivity contribution in [2.24, 2.45) is 7.05 Å². The zero-order valence-corrected chi connectivity index (χ0v) is 11.7. The molecule has 0 aliphatic rings. The van der Waals surface area contributed by atoms with Crippen molar-refractivity contribution in [3.8, 4) is 0 Å². The Morgan fingerprint density at radius 2 is 2.50 bits per heavy atom. The Kier molecular flexibility index (Phi) is 4.32. The highest BCUT2D eigenvalue weighted by Gasteiger charge is 2.12. The highest BCUT2D eigenvalue weighted by Crippen LogP contribution is 2.18. The van der Waals surface area contributed by atoms with Gasteiger partial charge in [-0.05, 0) is 28.8 Å². The first kappa shape index (κ1) is 13.0. The number of nitrogens with one attached hydrogen (secondary N) is 1. The van der Waals surface area contributed by atoms with E-state index >= 15 is 0 Å². The second-order valence-electron chi connectivity index (χ2n) is 3.68. The van der Waals surface area contributed by atoms with E-state index < -0.39 is 0 Å². The lowest BCUT2D eigenvalue weighted by molar-refractivity contribution is -0.119. The summed E-state index contributed by atoms with van der Waals surface area (Å²) >= 11 is 2.95. The molecule has 0 saturated heterocycles. The number of hydrogen-bond donors (Lipinski definition) is 1. The summed E-state index contributed by atoms with van der Waals surface area (Å²) in [6, 6.07) is 4.02. The van der Waals surface area contributed by atoms with Crippen LogP contribution in [0.25, 0.3) is 0 Å². The average Bonchev–Trinajstić information content (AvgIpc) is 2.97. The summed E-state index contributed by atoms with van der Waals surface area (Å²) in [7, 11) is 1.74. The van der Waals surface area contributed by atoms with Gasteiger partial charge in [0.1, 0.15) is 0 Å². The third-order valence-corrected chi connectivity index (χ3v) is 4.33. The van der Waals surface area contributed by atoms with Crippen molar-refractivity contribution in [3.05, 3.63) is 22.4 Å². The Morgan fingerprint density at radius 3 is 3.11 bits per heavy atom. The van der Waals surface area contributed by atoms with Gasteiger partial charge in [0, 0.05) is 11.9 Å². The van der Waals surface area contributed by atoms with Crippen molar-refractivity contribution in [2.45, 2.75) is 18.1 Å². The number of carbonyl (C=O) groups excluding carboxylic acids is 1. The van der Waals surface area contributed by atoms with E-state index in [1.54, 1.807) is 23.1 Å². The first-order chi connectivity index (χ1) is 8.66. The molecule has 2 aromatic rings. The number of nitrogens with zero attached hydrogens (tertiary/aromatic N) is 4. The van der Waals surface area contributed by atoms with Gasteiger partial charge in [-0.15, -0.1) is 16.4 Å². The molecule has 8 heteroatoms. The first-order valence-electron chi connectivity index (χ1n) is 5.34. The summed E-state index contributed by atoms with van der Waals surface area (Å²) in [6.45, 7) is 1.97. The predicted octanol–water partition coefficient (Wildman–Crippen LogP) is 1.24. The maximum absolute atomic E-state index is 11.7. The van der Waals surface area contributed by atoms with Crippen LogP contribution in [-0.2, 0) is 11.8 Å². The molecule has 0 bridgehead atoms. The third kappa shape index (κ3) is 3.30. The molecule has 0 aromatic carbocycles. The Labute approximate surface area is 113 Å². The molecule has 0 unspecified atom stereocenters. The van der Waals surface area contributed by atoms with E-state index in [4.69, 9.17) is 0 Å². The summed E-state index contributed by atoms with van der Waals surface area (Å²) in [5.74, 6) is 0.285. The summed E-state index contributed by atoms with van der Waals surface area (Å²) in [6.07, 6.45) is 0. The number of tetrazole rings is 1. The maximum Gasteiger partial charge on any atom is 0.230 e. The second kappa shape index (κ2) is 5.96. The van der Waals surface area contributed by atoms with Gasteiger partial charge in [0.15, 0.2) is 0 Å². The molecule has 0 aliphatic heterocycles. The summed E-state index contributed by atoms with van der Waals surface area (Å²) in [5.41, 5.74) is 0. The van der Waals surface area contributed by atoms with Crippen LogP contribution in [0.2, 0.25) is 0 Å². The minimum Gasteiger partial charge on any atom is -0.348 e. The fourth-order valence-electron chi connectivity index (χ4n) is 1.37. The van der Waals surface area contributed by atoms with Crippen LogP contribution in [0.3, 0.4) is 0 Å². The average molecular weight is 283 g/mol. The van der Waals surface area contributed by atoms with E-state index in [9.17, 15) is 4.79 Å². The van der Waals surface area contributed by atoms with Gasteiger partial charge in [0.25, 0.3) is 0 Å². The molecule has 1 atom stereocenters. The fraction of sp³-hybridized carbons (Fsp3) is 0.400. The highest BCUT2D eigenvalue weighted by molar-refractivity contribution is 7.99. The standard InChI is InChI=1S/C10H13N5OS2/c1-7(8-4-3-5-17-8)11-9(16)6-18-10-12-13-14-15(10)2/h3-5,7H,6H2,1-2H3,(H,11,16)/t7-/m0/s1. The monoisotopic (exact) mass is 283 g/mol. The lowest BCUT2D eigenvalue weighted by Gasteiger charge is -2.11.